The van der Waals surface area contributed by atoms with Crippen LogP contribution in [0, 0.1) is 19.8 Å². The number of pyridine rings is 1. The molecule has 1 aliphatic heterocycles. The van der Waals surface area contributed by atoms with E-state index in [4.69, 9.17) is 4.74 Å². The number of rotatable bonds is 4. The molecule has 0 radical (unpaired) electrons. The van der Waals surface area contributed by atoms with E-state index in [2.05, 4.69) is 4.98 Å². The van der Waals surface area contributed by atoms with Crippen molar-refractivity contribution in [2.24, 2.45) is 5.92 Å². The fraction of sp³-hybridized carbons (Fsp3) is 0.333. The van der Waals surface area contributed by atoms with Gasteiger partial charge in [-0.15, -0.1) is 0 Å². The Morgan fingerprint density at radius 2 is 1.84 bits per heavy atom. The summed E-state index contributed by atoms with van der Waals surface area (Å²) >= 11 is 0. The summed E-state index contributed by atoms with van der Waals surface area (Å²) in [6.45, 7) is 4.76. The fourth-order valence-electron chi connectivity index (χ4n) is 3.83. The van der Waals surface area contributed by atoms with E-state index in [1.807, 2.05) is 44.2 Å². The van der Waals surface area contributed by atoms with Crippen molar-refractivity contribution >= 4 is 17.5 Å². The molecule has 7 nitrogen and oxygen atoms in total. The normalized spacial score (nSPS) is 16.3. The summed E-state index contributed by atoms with van der Waals surface area (Å²) < 4.78 is 6.93. The number of esters is 1. The van der Waals surface area contributed by atoms with E-state index >= 15 is 0 Å². The van der Waals surface area contributed by atoms with Crippen LogP contribution in [0.3, 0.4) is 0 Å². The van der Waals surface area contributed by atoms with E-state index in [9.17, 15) is 14.4 Å². The van der Waals surface area contributed by atoms with Gasteiger partial charge in [-0.2, -0.15) is 0 Å². The predicted octanol–water partition coefficient (Wildman–Crippen LogP) is 2.91. The molecule has 0 aliphatic carbocycles. The van der Waals surface area contributed by atoms with E-state index in [-0.39, 0.29) is 30.0 Å². The van der Waals surface area contributed by atoms with Gasteiger partial charge < -0.3 is 9.64 Å². The zero-order valence-electron chi connectivity index (χ0n) is 17.7. The average molecular weight is 419 g/mol. The highest BCUT2D eigenvalue weighted by molar-refractivity contribution is 5.94. The molecular weight excluding hydrogens is 394 g/mol. The maximum Gasteiger partial charge on any atom is 0.311 e. The number of carbonyl (C=O) groups is 2. The van der Waals surface area contributed by atoms with Crippen LogP contribution in [0.4, 0.5) is 0 Å². The summed E-state index contributed by atoms with van der Waals surface area (Å²) in [6, 6.07) is 12.5. The van der Waals surface area contributed by atoms with Gasteiger partial charge in [0.15, 0.2) is 0 Å². The van der Waals surface area contributed by atoms with E-state index < -0.39 is 0 Å². The third-order valence-corrected chi connectivity index (χ3v) is 5.56. The molecule has 4 rings (SSSR count). The van der Waals surface area contributed by atoms with Crippen LogP contribution in [0.15, 0.2) is 53.5 Å². The number of piperidine rings is 1. The SMILES string of the molecule is Cc1ccc(C(=O)N2CCC[C@@H](C(=O)OCc3cc(=O)n4cc(C)ccc4n3)C2)cc1. The summed E-state index contributed by atoms with van der Waals surface area (Å²) in [5, 5.41) is 0. The number of amides is 1. The number of fused-ring (bicyclic) bond motifs is 1. The first-order valence-corrected chi connectivity index (χ1v) is 10.4. The van der Waals surface area contributed by atoms with Crippen molar-refractivity contribution in [1.82, 2.24) is 14.3 Å². The van der Waals surface area contributed by atoms with Gasteiger partial charge >= 0.3 is 5.97 Å². The molecule has 160 valence electrons. The molecule has 3 aromatic rings. The van der Waals surface area contributed by atoms with Gasteiger partial charge in [0.05, 0.1) is 11.6 Å². The van der Waals surface area contributed by atoms with Crippen molar-refractivity contribution < 1.29 is 14.3 Å². The third-order valence-electron chi connectivity index (χ3n) is 5.56. The van der Waals surface area contributed by atoms with Crippen LogP contribution >= 0.6 is 0 Å². The van der Waals surface area contributed by atoms with Crippen molar-refractivity contribution in [2.45, 2.75) is 33.3 Å². The summed E-state index contributed by atoms with van der Waals surface area (Å²) in [5.74, 6) is -0.823. The molecule has 7 heteroatoms. The number of ether oxygens (including phenoxy) is 1. The minimum atomic E-state index is -0.382. The second-order valence-corrected chi connectivity index (χ2v) is 8.08. The Morgan fingerprint density at radius 3 is 2.61 bits per heavy atom. The number of carbonyl (C=O) groups excluding carboxylic acids is 2. The molecule has 31 heavy (non-hydrogen) atoms. The maximum atomic E-state index is 12.8. The van der Waals surface area contributed by atoms with Gasteiger partial charge in [-0.1, -0.05) is 23.8 Å². The Kier molecular flexibility index (Phi) is 5.84. The maximum absolute atomic E-state index is 12.8. The summed E-state index contributed by atoms with van der Waals surface area (Å²) in [4.78, 5) is 43.8. The zero-order chi connectivity index (χ0) is 22.0. The highest BCUT2D eigenvalue weighted by atomic mass is 16.5. The van der Waals surface area contributed by atoms with Crippen molar-refractivity contribution in [3.8, 4) is 0 Å². The molecular formula is C24H25N3O4. The molecule has 0 unspecified atom stereocenters. The smallest absolute Gasteiger partial charge is 0.311 e. The minimum absolute atomic E-state index is 0.0686. The van der Waals surface area contributed by atoms with Crippen molar-refractivity contribution in [3.63, 3.8) is 0 Å². The number of aromatic nitrogens is 2. The van der Waals surface area contributed by atoms with Crippen molar-refractivity contribution in [2.75, 3.05) is 13.1 Å². The minimum Gasteiger partial charge on any atom is -0.459 e. The molecule has 1 fully saturated rings. The van der Waals surface area contributed by atoms with Crippen LogP contribution in [-0.2, 0) is 16.1 Å². The van der Waals surface area contributed by atoms with Gasteiger partial charge in [0.1, 0.15) is 12.3 Å². The monoisotopic (exact) mass is 419 g/mol. The molecule has 2 aromatic heterocycles. The lowest BCUT2D eigenvalue weighted by molar-refractivity contribution is -0.151. The molecule has 0 bridgehead atoms. The number of aryl methyl sites for hydroxylation is 2. The number of hydrogen-bond acceptors (Lipinski definition) is 5. The first-order valence-electron chi connectivity index (χ1n) is 10.4. The lowest BCUT2D eigenvalue weighted by Crippen LogP contribution is -2.42. The Bertz CT molecular complexity index is 1180. The van der Waals surface area contributed by atoms with Gasteiger partial charge in [0.2, 0.25) is 0 Å². The average Bonchev–Trinajstić information content (AvgIpc) is 2.78. The quantitative estimate of drug-likeness (QED) is 0.608. The second-order valence-electron chi connectivity index (χ2n) is 8.08. The standard InChI is InChI=1S/C24H25N3O4/c1-16-5-8-18(9-6-16)23(29)26-11-3-4-19(14-26)24(30)31-15-20-12-22(28)27-13-17(2)7-10-21(27)25-20/h5-10,12-13,19H,3-4,11,14-15H2,1-2H3/t19-/m1/s1. The molecule has 0 saturated carbocycles. The van der Waals surface area contributed by atoms with Gasteiger partial charge in [0.25, 0.3) is 11.5 Å². The molecule has 1 aliphatic rings. The van der Waals surface area contributed by atoms with Crippen molar-refractivity contribution in [1.29, 1.82) is 0 Å². The predicted molar refractivity (Wildman–Crippen MR) is 116 cm³/mol. The van der Waals surface area contributed by atoms with Crippen LogP contribution in [0.2, 0.25) is 0 Å². The molecule has 0 N–H and O–H groups in total. The Balaban J connectivity index is 1.40. The number of hydrogen-bond donors (Lipinski definition) is 0. The topological polar surface area (TPSA) is 81.0 Å². The largest absolute Gasteiger partial charge is 0.459 e. The van der Waals surface area contributed by atoms with E-state index in [0.29, 0.717) is 36.4 Å². The van der Waals surface area contributed by atoms with E-state index in [1.165, 1.54) is 10.5 Å². The van der Waals surface area contributed by atoms with Gasteiger partial charge in [-0.3, -0.25) is 18.8 Å². The van der Waals surface area contributed by atoms with Crippen molar-refractivity contribution in [3.05, 3.63) is 81.4 Å². The Morgan fingerprint density at radius 1 is 1.10 bits per heavy atom. The number of benzene rings is 1. The van der Waals surface area contributed by atoms with Gasteiger partial charge in [0, 0.05) is 30.9 Å². The van der Waals surface area contributed by atoms with Gasteiger partial charge in [-0.05, 0) is 50.5 Å². The van der Waals surface area contributed by atoms with Gasteiger partial charge in [-0.25, -0.2) is 4.98 Å². The van der Waals surface area contributed by atoms with Crippen LogP contribution in [0.25, 0.3) is 5.65 Å². The lowest BCUT2D eigenvalue weighted by Gasteiger charge is -2.31. The first kappa shape index (κ1) is 20.8. The molecule has 1 atom stereocenters. The Hall–Kier alpha value is -3.48. The van der Waals surface area contributed by atoms with Crippen LogP contribution in [-0.4, -0.2) is 39.3 Å². The summed E-state index contributed by atoms with van der Waals surface area (Å²) in [5.41, 5.74) is 3.37. The molecule has 0 spiro atoms. The second kappa shape index (κ2) is 8.71. The van der Waals surface area contributed by atoms with Crippen LogP contribution < -0.4 is 5.56 Å². The molecule has 1 saturated heterocycles. The number of likely N-dealkylation sites (tertiary alicyclic amines) is 1. The highest BCUT2D eigenvalue weighted by Gasteiger charge is 2.30. The Labute approximate surface area is 180 Å². The molecule has 1 aromatic carbocycles. The fourth-order valence-corrected chi connectivity index (χ4v) is 3.83. The first-order chi connectivity index (χ1) is 14.9. The van der Waals surface area contributed by atoms with E-state index in [1.54, 1.807) is 17.2 Å². The molecule has 3 heterocycles. The lowest BCUT2D eigenvalue weighted by atomic mass is 9.97. The summed E-state index contributed by atoms with van der Waals surface area (Å²) in [7, 11) is 0. The molecule has 1 amide bonds. The van der Waals surface area contributed by atoms with E-state index in [0.717, 1.165) is 17.5 Å². The van der Waals surface area contributed by atoms with Crippen LogP contribution in [0.5, 0.6) is 0 Å². The van der Waals surface area contributed by atoms with Crippen LogP contribution in [0.1, 0.15) is 40.0 Å². The third kappa shape index (κ3) is 4.66. The summed E-state index contributed by atoms with van der Waals surface area (Å²) in [6.07, 6.45) is 3.14. The number of nitrogens with zero attached hydrogens (tertiary/aromatic N) is 3. The zero-order valence-corrected chi connectivity index (χ0v) is 17.7. The highest BCUT2D eigenvalue weighted by Crippen LogP contribution is 2.20.